The SMILES string of the molecule is C(CC[N+]12CCC(CC1)CC2)C[N+]12CCC(CC1)CC2.[Br-].[Br-]. The van der Waals surface area contributed by atoms with Crippen molar-refractivity contribution in [1.82, 2.24) is 0 Å². The average Bonchev–Trinajstić information content (AvgIpc) is 2.55. The van der Waals surface area contributed by atoms with Gasteiger partial charge in [-0.05, 0) is 50.4 Å². The number of hydrogen-bond acceptors (Lipinski definition) is 0. The van der Waals surface area contributed by atoms with Crippen molar-refractivity contribution in [3.05, 3.63) is 0 Å². The largest absolute Gasteiger partial charge is 1.00 e. The van der Waals surface area contributed by atoms with Crippen LogP contribution in [0.15, 0.2) is 0 Å². The molecular formula is C18H34Br2N2. The first kappa shape index (κ1) is 19.2. The molecule has 0 amide bonds. The number of nitrogens with zero attached hydrogens (tertiary/aromatic N) is 2. The lowest BCUT2D eigenvalue weighted by Crippen LogP contribution is -3.00. The summed E-state index contributed by atoms with van der Waals surface area (Å²) in [5, 5.41) is 0. The van der Waals surface area contributed by atoms with E-state index in [1.165, 1.54) is 74.2 Å². The quantitative estimate of drug-likeness (QED) is 0.318. The van der Waals surface area contributed by atoms with E-state index in [0.29, 0.717) is 0 Å². The van der Waals surface area contributed by atoms with Gasteiger partial charge in [0.05, 0.1) is 52.4 Å². The van der Waals surface area contributed by atoms with Crippen molar-refractivity contribution >= 4 is 0 Å². The van der Waals surface area contributed by atoms with Crippen LogP contribution < -0.4 is 34.0 Å². The van der Waals surface area contributed by atoms with Crippen LogP contribution in [0.2, 0.25) is 0 Å². The normalized spacial score (nSPS) is 42.5. The first-order chi connectivity index (χ1) is 9.78. The molecule has 6 aliphatic rings. The van der Waals surface area contributed by atoms with E-state index in [0.717, 1.165) is 11.8 Å². The van der Waals surface area contributed by atoms with E-state index in [-0.39, 0.29) is 34.0 Å². The van der Waals surface area contributed by atoms with Crippen molar-refractivity contribution in [3.8, 4) is 0 Å². The molecule has 6 heterocycles. The van der Waals surface area contributed by atoms with Gasteiger partial charge in [-0.2, -0.15) is 0 Å². The third kappa shape index (κ3) is 3.92. The molecule has 0 saturated carbocycles. The van der Waals surface area contributed by atoms with Crippen molar-refractivity contribution in [2.24, 2.45) is 11.8 Å². The third-order valence-electron chi connectivity index (χ3n) is 7.59. The molecule has 0 aromatic heterocycles. The molecule has 0 radical (unpaired) electrons. The Kier molecular flexibility index (Phi) is 6.85. The Bertz CT molecular complexity index is 283. The van der Waals surface area contributed by atoms with Gasteiger partial charge in [0.2, 0.25) is 0 Å². The molecule has 0 N–H and O–H groups in total. The predicted molar refractivity (Wildman–Crippen MR) is 83.4 cm³/mol. The highest BCUT2D eigenvalue weighted by Crippen LogP contribution is 2.35. The van der Waals surface area contributed by atoms with Gasteiger partial charge < -0.3 is 42.9 Å². The summed E-state index contributed by atoms with van der Waals surface area (Å²) >= 11 is 0. The molecule has 0 atom stereocenters. The van der Waals surface area contributed by atoms with Gasteiger partial charge in [-0.25, -0.2) is 0 Å². The summed E-state index contributed by atoms with van der Waals surface area (Å²) in [5.74, 6) is 2.23. The number of rotatable bonds is 5. The standard InChI is InChI=1S/C18H34N2.2BrH/c1(9-19-11-3-17(4-12-19)5-13-19)2-10-20-14-6-18(7-15-20)8-16-20;;/h17-18H,1-16H2;2*1H/q+2;;/p-2. The Hall–Kier alpha value is 0.880. The molecular weight excluding hydrogens is 404 g/mol. The number of piperidine rings is 6. The van der Waals surface area contributed by atoms with Crippen LogP contribution in [-0.4, -0.2) is 61.3 Å². The summed E-state index contributed by atoms with van der Waals surface area (Å²) in [6.45, 7) is 12.1. The summed E-state index contributed by atoms with van der Waals surface area (Å²) in [6, 6.07) is 0. The highest BCUT2D eigenvalue weighted by Gasteiger charge is 2.41. The van der Waals surface area contributed by atoms with Crippen LogP contribution in [0.1, 0.15) is 51.4 Å². The van der Waals surface area contributed by atoms with E-state index in [4.69, 9.17) is 0 Å². The number of unbranched alkanes of at least 4 members (excludes halogenated alkanes) is 1. The fraction of sp³-hybridized carbons (Fsp3) is 1.00. The molecule has 6 fully saturated rings. The van der Waals surface area contributed by atoms with E-state index in [9.17, 15) is 0 Å². The van der Waals surface area contributed by atoms with Crippen molar-refractivity contribution < 1.29 is 42.9 Å². The lowest BCUT2D eigenvalue weighted by Gasteiger charge is -2.50. The minimum Gasteiger partial charge on any atom is -1.00 e. The Morgan fingerprint density at radius 3 is 1.05 bits per heavy atom. The van der Waals surface area contributed by atoms with Crippen LogP contribution in [0.25, 0.3) is 0 Å². The number of fused-ring (bicyclic) bond motifs is 6. The maximum atomic E-state index is 1.54. The van der Waals surface area contributed by atoms with E-state index < -0.39 is 0 Å². The van der Waals surface area contributed by atoms with Gasteiger partial charge in [-0.3, -0.25) is 0 Å². The Balaban J connectivity index is 0.000000882. The molecule has 6 aliphatic heterocycles. The summed E-state index contributed by atoms with van der Waals surface area (Å²) in [4.78, 5) is 0. The smallest absolute Gasteiger partial charge is 0.0789 e. The molecule has 0 unspecified atom stereocenters. The fourth-order valence-electron chi connectivity index (χ4n) is 5.84. The molecule has 0 aliphatic carbocycles. The van der Waals surface area contributed by atoms with E-state index in [1.54, 1.807) is 38.5 Å². The third-order valence-corrected chi connectivity index (χ3v) is 7.59. The van der Waals surface area contributed by atoms with Crippen molar-refractivity contribution in [2.45, 2.75) is 51.4 Å². The van der Waals surface area contributed by atoms with Crippen LogP contribution in [0, 0.1) is 11.8 Å². The lowest BCUT2D eigenvalue weighted by atomic mass is 9.85. The summed E-state index contributed by atoms with van der Waals surface area (Å²) < 4.78 is 3.02. The highest BCUT2D eigenvalue weighted by atomic mass is 79.9. The van der Waals surface area contributed by atoms with Crippen molar-refractivity contribution in [2.75, 3.05) is 52.4 Å². The maximum absolute atomic E-state index is 1.54. The second kappa shape index (κ2) is 7.84. The van der Waals surface area contributed by atoms with E-state index >= 15 is 0 Å². The Labute approximate surface area is 158 Å². The minimum absolute atomic E-state index is 0. The molecule has 0 aromatic rings. The molecule has 130 valence electrons. The second-order valence-corrected chi connectivity index (χ2v) is 8.64. The highest BCUT2D eigenvalue weighted by molar-refractivity contribution is 4.73. The molecule has 6 saturated heterocycles. The molecule has 22 heavy (non-hydrogen) atoms. The molecule has 0 aromatic carbocycles. The zero-order valence-corrected chi connectivity index (χ0v) is 17.3. The van der Waals surface area contributed by atoms with Crippen LogP contribution in [0.5, 0.6) is 0 Å². The summed E-state index contributed by atoms with van der Waals surface area (Å²) in [7, 11) is 0. The van der Waals surface area contributed by atoms with E-state index in [1.807, 2.05) is 0 Å². The molecule has 6 rings (SSSR count). The number of halogens is 2. The van der Waals surface area contributed by atoms with Crippen LogP contribution in [0.3, 0.4) is 0 Å². The predicted octanol–water partition coefficient (Wildman–Crippen LogP) is -2.96. The maximum Gasteiger partial charge on any atom is 0.0789 e. The molecule has 2 nitrogen and oxygen atoms in total. The fourth-order valence-corrected chi connectivity index (χ4v) is 5.84. The second-order valence-electron chi connectivity index (χ2n) is 8.64. The zero-order valence-electron chi connectivity index (χ0n) is 14.1. The monoisotopic (exact) mass is 436 g/mol. The number of hydrogen-bond donors (Lipinski definition) is 0. The summed E-state index contributed by atoms with van der Waals surface area (Å²) in [6.07, 6.45) is 12.3. The average molecular weight is 438 g/mol. The topological polar surface area (TPSA) is 0 Å². The van der Waals surface area contributed by atoms with Crippen LogP contribution in [-0.2, 0) is 0 Å². The Morgan fingerprint density at radius 2 is 0.773 bits per heavy atom. The summed E-state index contributed by atoms with van der Waals surface area (Å²) in [5.41, 5.74) is 0. The van der Waals surface area contributed by atoms with Gasteiger partial charge in [0.15, 0.2) is 0 Å². The van der Waals surface area contributed by atoms with Gasteiger partial charge in [0.25, 0.3) is 0 Å². The Morgan fingerprint density at radius 1 is 0.500 bits per heavy atom. The van der Waals surface area contributed by atoms with Crippen molar-refractivity contribution in [3.63, 3.8) is 0 Å². The minimum atomic E-state index is 0. The first-order valence-electron chi connectivity index (χ1n) is 9.48. The number of quaternary nitrogens is 2. The zero-order chi connectivity index (χ0) is 13.5. The lowest BCUT2D eigenvalue weighted by molar-refractivity contribution is -0.948. The van der Waals surface area contributed by atoms with Gasteiger partial charge in [0, 0.05) is 12.8 Å². The first-order valence-corrected chi connectivity index (χ1v) is 9.48. The molecule has 4 bridgehead atoms. The molecule has 0 spiro atoms. The van der Waals surface area contributed by atoms with Crippen LogP contribution >= 0.6 is 0 Å². The van der Waals surface area contributed by atoms with Gasteiger partial charge in [-0.1, -0.05) is 0 Å². The van der Waals surface area contributed by atoms with Crippen LogP contribution in [0.4, 0.5) is 0 Å². The molecule has 4 heteroatoms. The van der Waals surface area contributed by atoms with E-state index in [2.05, 4.69) is 0 Å². The van der Waals surface area contributed by atoms with Crippen molar-refractivity contribution in [1.29, 1.82) is 0 Å². The van der Waals surface area contributed by atoms with Gasteiger partial charge in [0.1, 0.15) is 0 Å². The van der Waals surface area contributed by atoms with Gasteiger partial charge in [-0.15, -0.1) is 0 Å². The van der Waals surface area contributed by atoms with Gasteiger partial charge >= 0.3 is 0 Å².